The van der Waals surface area contributed by atoms with Crippen molar-refractivity contribution in [2.45, 2.75) is 44.9 Å². The average molecular weight is 244 g/mol. The summed E-state index contributed by atoms with van der Waals surface area (Å²) in [7, 11) is 0. The number of phenolic OH excluding ortho intramolecular Hbond substituents is 1. The number of rotatable bonds is 5. The van der Waals surface area contributed by atoms with Crippen LogP contribution in [0.1, 0.15) is 44.1 Å². The van der Waals surface area contributed by atoms with Gasteiger partial charge in [0.15, 0.2) is 0 Å². The second-order valence-electron chi connectivity index (χ2n) is 5.52. The molecule has 2 rings (SSSR count). The second kappa shape index (κ2) is 6.63. The molecule has 1 nitrogen and oxygen atoms in total. The molecule has 1 aromatic carbocycles. The monoisotopic (exact) mass is 244 g/mol. The van der Waals surface area contributed by atoms with E-state index in [-0.39, 0.29) is 0 Å². The molecular formula is C17H24O. The summed E-state index contributed by atoms with van der Waals surface area (Å²) in [4.78, 5) is 0. The first kappa shape index (κ1) is 13.2. The molecule has 1 N–H and O–H groups in total. The molecule has 18 heavy (non-hydrogen) atoms. The van der Waals surface area contributed by atoms with E-state index >= 15 is 0 Å². The lowest BCUT2D eigenvalue weighted by Crippen LogP contribution is -2.19. The Morgan fingerprint density at radius 3 is 2.61 bits per heavy atom. The Kier molecular flexibility index (Phi) is 4.86. The van der Waals surface area contributed by atoms with Crippen molar-refractivity contribution in [2.75, 3.05) is 0 Å². The number of allylic oxidation sites excluding steroid dienone is 1. The van der Waals surface area contributed by atoms with E-state index in [9.17, 15) is 5.11 Å². The third-order valence-corrected chi connectivity index (χ3v) is 4.26. The Labute approximate surface area is 111 Å². The predicted molar refractivity (Wildman–Crippen MR) is 76.7 cm³/mol. The number of benzene rings is 1. The molecule has 0 aliphatic heterocycles. The highest BCUT2D eigenvalue weighted by Gasteiger charge is 2.23. The first-order chi connectivity index (χ1) is 8.81. The Bertz CT molecular complexity index is 377. The fourth-order valence-electron chi connectivity index (χ4n) is 3.23. The minimum absolute atomic E-state index is 0.447. The number of hydrogen-bond acceptors (Lipinski definition) is 1. The summed E-state index contributed by atoms with van der Waals surface area (Å²) < 4.78 is 0. The van der Waals surface area contributed by atoms with Gasteiger partial charge in [0.05, 0.1) is 0 Å². The van der Waals surface area contributed by atoms with Gasteiger partial charge in [-0.2, -0.15) is 0 Å². The van der Waals surface area contributed by atoms with Crippen molar-refractivity contribution in [1.82, 2.24) is 0 Å². The zero-order valence-corrected chi connectivity index (χ0v) is 11.1. The van der Waals surface area contributed by atoms with Crippen molar-refractivity contribution < 1.29 is 5.11 Å². The van der Waals surface area contributed by atoms with E-state index in [0.29, 0.717) is 11.7 Å². The average Bonchev–Trinajstić information content (AvgIpc) is 2.42. The van der Waals surface area contributed by atoms with E-state index in [0.717, 1.165) is 24.3 Å². The summed E-state index contributed by atoms with van der Waals surface area (Å²) in [5.41, 5.74) is 1.09. The molecule has 1 atom stereocenters. The molecule has 1 saturated carbocycles. The topological polar surface area (TPSA) is 20.2 Å². The zero-order chi connectivity index (χ0) is 12.8. The lowest BCUT2D eigenvalue weighted by Gasteiger charge is -2.30. The molecular weight excluding hydrogens is 220 g/mol. The molecule has 1 aliphatic rings. The lowest BCUT2D eigenvalue weighted by atomic mass is 9.76. The molecule has 1 heteroatoms. The van der Waals surface area contributed by atoms with Gasteiger partial charge in [-0.15, -0.1) is 6.58 Å². The second-order valence-corrected chi connectivity index (χ2v) is 5.52. The normalized spacial score (nSPS) is 18.4. The SMILES string of the molecule is C=CCC(Cc1ccccc1O)C1CCCCC1. The van der Waals surface area contributed by atoms with E-state index in [1.165, 1.54) is 32.1 Å². The third kappa shape index (κ3) is 3.38. The summed E-state index contributed by atoms with van der Waals surface area (Å²) >= 11 is 0. The molecule has 0 amide bonds. The van der Waals surface area contributed by atoms with Crippen LogP contribution in [0.2, 0.25) is 0 Å². The number of phenols is 1. The van der Waals surface area contributed by atoms with Gasteiger partial charge < -0.3 is 5.11 Å². The van der Waals surface area contributed by atoms with Crippen LogP contribution < -0.4 is 0 Å². The standard InChI is InChI=1S/C17H24O/c1-2-8-15(14-9-4-3-5-10-14)13-16-11-6-7-12-17(16)18/h2,6-7,11-12,14-15,18H,1,3-5,8-10,13H2. The maximum atomic E-state index is 9.90. The maximum Gasteiger partial charge on any atom is 0.118 e. The van der Waals surface area contributed by atoms with Crippen molar-refractivity contribution in [2.24, 2.45) is 11.8 Å². The van der Waals surface area contributed by atoms with Crippen molar-refractivity contribution >= 4 is 0 Å². The van der Waals surface area contributed by atoms with Crippen molar-refractivity contribution in [3.8, 4) is 5.75 Å². The quantitative estimate of drug-likeness (QED) is 0.744. The van der Waals surface area contributed by atoms with Gasteiger partial charge in [-0.25, -0.2) is 0 Å². The Morgan fingerprint density at radius 2 is 1.94 bits per heavy atom. The van der Waals surface area contributed by atoms with Gasteiger partial charge in [-0.3, -0.25) is 0 Å². The molecule has 0 saturated heterocycles. The molecule has 1 unspecified atom stereocenters. The predicted octanol–water partition coefficient (Wildman–Crippen LogP) is 4.71. The Hall–Kier alpha value is -1.24. The van der Waals surface area contributed by atoms with E-state index in [2.05, 4.69) is 6.58 Å². The third-order valence-electron chi connectivity index (χ3n) is 4.26. The van der Waals surface area contributed by atoms with Crippen LogP contribution in [0, 0.1) is 11.8 Å². The van der Waals surface area contributed by atoms with Crippen molar-refractivity contribution in [1.29, 1.82) is 0 Å². The van der Waals surface area contributed by atoms with Crippen LogP contribution in [0.5, 0.6) is 5.75 Å². The summed E-state index contributed by atoms with van der Waals surface area (Å²) in [5.74, 6) is 1.91. The number of para-hydroxylation sites is 1. The molecule has 0 spiro atoms. The van der Waals surface area contributed by atoms with E-state index in [1.807, 2.05) is 24.3 Å². The van der Waals surface area contributed by atoms with Gasteiger partial charge in [0.25, 0.3) is 0 Å². The molecule has 1 fully saturated rings. The van der Waals surface area contributed by atoms with Gasteiger partial charge in [-0.05, 0) is 36.3 Å². The highest BCUT2D eigenvalue weighted by molar-refractivity contribution is 5.32. The molecule has 98 valence electrons. The Morgan fingerprint density at radius 1 is 1.22 bits per heavy atom. The first-order valence-corrected chi connectivity index (χ1v) is 7.19. The summed E-state index contributed by atoms with van der Waals surface area (Å²) in [6.45, 7) is 3.90. The van der Waals surface area contributed by atoms with E-state index in [4.69, 9.17) is 0 Å². The molecule has 0 radical (unpaired) electrons. The van der Waals surface area contributed by atoms with Crippen molar-refractivity contribution in [3.05, 3.63) is 42.5 Å². The zero-order valence-electron chi connectivity index (χ0n) is 11.1. The Balaban J connectivity index is 2.05. The lowest BCUT2D eigenvalue weighted by molar-refractivity contribution is 0.246. The first-order valence-electron chi connectivity index (χ1n) is 7.19. The molecule has 0 aromatic heterocycles. The summed E-state index contributed by atoms with van der Waals surface area (Å²) in [5, 5.41) is 9.90. The van der Waals surface area contributed by atoms with Gasteiger partial charge in [0.2, 0.25) is 0 Å². The van der Waals surface area contributed by atoms with E-state index < -0.39 is 0 Å². The fraction of sp³-hybridized carbons (Fsp3) is 0.529. The minimum Gasteiger partial charge on any atom is -0.508 e. The number of hydrogen-bond donors (Lipinski definition) is 1. The minimum atomic E-state index is 0.447. The molecule has 1 aliphatic carbocycles. The van der Waals surface area contributed by atoms with Crippen LogP contribution >= 0.6 is 0 Å². The molecule has 0 heterocycles. The highest BCUT2D eigenvalue weighted by atomic mass is 16.3. The highest BCUT2D eigenvalue weighted by Crippen LogP contribution is 2.35. The van der Waals surface area contributed by atoms with Gasteiger partial charge in [-0.1, -0.05) is 56.4 Å². The molecule has 0 bridgehead atoms. The van der Waals surface area contributed by atoms with Crippen LogP contribution in [0.4, 0.5) is 0 Å². The van der Waals surface area contributed by atoms with Crippen LogP contribution in [0.25, 0.3) is 0 Å². The van der Waals surface area contributed by atoms with E-state index in [1.54, 1.807) is 6.07 Å². The van der Waals surface area contributed by atoms with Gasteiger partial charge in [0, 0.05) is 0 Å². The summed E-state index contributed by atoms with van der Waals surface area (Å²) in [6, 6.07) is 7.75. The van der Waals surface area contributed by atoms with Crippen LogP contribution in [0.15, 0.2) is 36.9 Å². The van der Waals surface area contributed by atoms with Gasteiger partial charge in [0.1, 0.15) is 5.75 Å². The van der Waals surface area contributed by atoms with Gasteiger partial charge >= 0.3 is 0 Å². The van der Waals surface area contributed by atoms with Crippen LogP contribution in [0.3, 0.4) is 0 Å². The van der Waals surface area contributed by atoms with Crippen molar-refractivity contribution in [3.63, 3.8) is 0 Å². The summed E-state index contributed by atoms with van der Waals surface area (Å²) in [6.07, 6.45) is 11.0. The number of aromatic hydroxyl groups is 1. The largest absolute Gasteiger partial charge is 0.508 e. The fourth-order valence-corrected chi connectivity index (χ4v) is 3.23. The van der Waals surface area contributed by atoms with Crippen LogP contribution in [-0.2, 0) is 6.42 Å². The maximum absolute atomic E-state index is 9.90. The smallest absolute Gasteiger partial charge is 0.118 e. The van der Waals surface area contributed by atoms with Crippen LogP contribution in [-0.4, -0.2) is 5.11 Å². The molecule has 1 aromatic rings.